The van der Waals surface area contributed by atoms with Gasteiger partial charge in [-0.3, -0.25) is 19.3 Å². The van der Waals surface area contributed by atoms with Crippen molar-refractivity contribution in [2.75, 3.05) is 31.5 Å². The Kier molecular flexibility index (Phi) is 18.7. The molecule has 72 heavy (non-hydrogen) atoms. The predicted octanol–water partition coefficient (Wildman–Crippen LogP) is 9.53. The van der Waals surface area contributed by atoms with Crippen LogP contribution in [0, 0.1) is 0 Å². The van der Waals surface area contributed by atoms with Crippen molar-refractivity contribution in [3.8, 4) is 0 Å². The van der Waals surface area contributed by atoms with Gasteiger partial charge in [0, 0.05) is 57.9 Å². The molecule has 0 radical (unpaired) electrons. The van der Waals surface area contributed by atoms with Crippen molar-refractivity contribution in [3.05, 3.63) is 171 Å². The highest BCUT2D eigenvalue weighted by Crippen LogP contribution is 2.31. The number of likely N-dealkylation sites (tertiary alicyclic amines) is 1. The number of fused-ring (bicyclic) bond motifs is 1. The average Bonchev–Trinajstić information content (AvgIpc) is 4.00. The number of hydrogen-bond acceptors (Lipinski definition) is 7. The molecule has 0 unspecified atom stereocenters. The molecule has 14 nitrogen and oxygen atoms in total. The SMILES string of the molecule is CC(C)(C)OC(=O)NCCCC[C@H](NC(=O)CNC(=O)Nc1ccc2c(c1)c(CN1CCCC1)cn2Cc1c(Cl)cccc1Cl)C(=O)N[C@@H](Cc1ccccc1)C(=O)NC(c1ccccc1)c1ccccc1. The van der Waals surface area contributed by atoms with E-state index in [0.717, 1.165) is 71.2 Å². The number of rotatable bonds is 21. The molecule has 6 aromatic rings. The fourth-order valence-corrected chi connectivity index (χ4v) is 9.31. The van der Waals surface area contributed by atoms with Crippen LogP contribution in [0.15, 0.2) is 134 Å². The summed E-state index contributed by atoms with van der Waals surface area (Å²) in [5, 5.41) is 19.3. The Bertz CT molecular complexity index is 2720. The number of halogens is 2. The van der Waals surface area contributed by atoms with Gasteiger partial charge in [-0.25, -0.2) is 9.59 Å². The molecule has 378 valence electrons. The second-order valence-corrected chi connectivity index (χ2v) is 19.9. The van der Waals surface area contributed by atoms with Crippen molar-refractivity contribution in [3.63, 3.8) is 0 Å². The number of amides is 6. The molecular weight excluding hydrogens is 952 g/mol. The van der Waals surface area contributed by atoms with E-state index < -0.39 is 60.1 Å². The number of aromatic nitrogens is 1. The quantitative estimate of drug-likeness (QED) is 0.0390. The smallest absolute Gasteiger partial charge is 0.407 e. The van der Waals surface area contributed by atoms with E-state index in [0.29, 0.717) is 35.1 Å². The highest BCUT2D eigenvalue weighted by molar-refractivity contribution is 6.36. The molecule has 7 rings (SSSR count). The van der Waals surface area contributed by atoms with E-state index in [2.05, 4.69) is 47.6 Å². The topological polar surface area (TPSA) is 175 Å². The van der Waals surface area contributed by atoms with Crippen molar-refractivity contribution < 1.29 is 28.7 Å². The maximum Gasteiger partial charge on any atom is 0.407 e. The summed E-state index contributed by atoms with van der Waals surface area (Å²) < 4.78 is 7.48. The maximum atomic E-state index is 14.4. The van der Waals surface area contributed by atoms with Crippen molar-refractivity contribution >= 4 is 69.6 Å². The van der Waals surface area contributed by atoms with E-state index in [1.54, 1.807) is 26.8 Å². The van der Waals surface area contributed by atoms with E-state index in [4.69, 9.17) is 27.9 Å². The molecule has 1 aliphatic heterocycles. The van der Waals surface area contributed by atoms with Crippen LogP contribution in [0.5, 0.6) is 0 Å². The van der Waals surface area contributed by atoms with Gasteiger partial charge in [-0.05, 0) is 119 Å². The average molecular weight is 1020 g/mol. The summed E-state index contributed by atoms with van der Waals surface area (Å²) in [6, 6.07) is 36.4. The van der Waals surface area contributed by atoms with Gasteiger partial charge in [-0.2, -0.15) is 0 Å². The van der Waals surface area contributed by atoms with Gasteiger partial charge in [-0.15, -0.1) is 0 Å². The molecular formula is C56H64Cl2N8O6. The fraction of sp³-hybridized carbons (Fsp3) is 0.339. The van der Waals surface area contributed by atoms with Crippen LogP contribution in [0.2, 0.25) is 10.0 Å². The zero-order valence-corrected chi connectivity index (χ0v) is 42.5. The lowest BCUT2D eigenvalue weighted by molar-refractivity contribution is -0.132. The number of anilines is 1. The van der Waals surface area contributed by atoms with Crippen molar-refractivity contribution in [2.24, 2.45) is 0 Å². The molecule has 16 heteroatoms. The van der Waals surface area contributed by atoms with Crippen LogP contribution in [0.3, 0.4) is 0 Å². The van der Waals surface area contributed by atoms with Gasteiger partial charge in [0.2, 0.25) is 17.7 Å². The summed E-state index contributed by atoms with van der Waals surface area (Å²) in [7, 11) is 0. The molecule has 0 spiro atoms. The van der Waals surface area contributed by atoms with Gasteiger partial charge in [0.05, 0.1) is 19.1 Å². The number of benzene rings is 5. The van der Waals surface area contributed by atoms with Gasteiger partial charge in [0.1, 0.15) is 17.7 Å². The predicted molar refractivity (Wildman–Crippen MR) is 284 cm³/mol. The normalized spacial score (nSPS) is 13.5. The number of unbranched alkanes of at least 4 members (excludes halogenated alkanes) is 1. The van der Waals surface area contributed by atoms with E-state index in [-0.39, 0.29) is 19.4 Å². The van der Waals surface area contributed by atoms with Crippen LogP contribution in [-0.4, -0.2) is 83.2 Å². The maximum absolute atomic E-state index is 14.4. The van der Waals surface area contributed by atoms with Crippen LogP contribution in [0.4, 0.5) is 15.3 Å². The van der Waals surface area contributed by atoms with E-state index in [9.17, 15) is 24.0 Å². The van der Waals surface area contributed by atoms with E-state index in [1.165, 1.54) is 0 Å². The molecule has 2 heterocycles. The van der Waals surface area contributed by atoms with Crippen molar-refractivity contribution in [2.45, 2.75) is 96.1 Å². The molecule has 1 fully saturated rings. The molecule has 1 aromatic heterocycles. The third kappa shape index (κ3) is 15.6. The molecule has 0 aliphatic carbocycles. The van der Waals surface area contributed by atoms with Crippen LogP contribution in [0.25, 0.3) is 10.9 Å². The molecule has 0 saturated carbocycles. The zero-order chi connectivity index (χ0) is 51.0. The summed E-state index contributed by atoms with van der Waals surface area (Å²) in [4.78, 5) is 70.6. The first-order valence-electron chi connectivity index (χ1n) is 24.5. The summed E-state index contributed by atoms with van der Waals surface area (Å²) in [6.07, 6.45) is 5.05. The Balaban J connectivity index is 1.04. The minimum absolute atomic E-state index is 0.165. The number of ether oxygens (including phenoxy) is 1. The van der Waals surface area contributed by atoms with Crippen LogP contribution in [0.1, 0.15) is 86.7 Å². The number of carbonyl (C=O) groups is 5. The monoisotopic (exact) mass is 1010 g/mol. The minimum Gasteiger partial charge on any atom is -0.444 e. The van der Waals surface area contributed by atoms with Gasteiger partial charge >= 0.3 is 12.1 Å². The summed E-state index contributed by atoms with van der Waals surface area (Å²) in [5.74, 6) is -1.62. The summed E-state index contributed by atoms with van der Waals surface area (Å²) >= 11 is 13.2. The second kappa shape index (κ2) is 25.5. The largest absolute Gasteiger partial charge is 0.444 e. The van der Waals surface area contributed by atoms with Gasteiger partial charge in [0.15, 0.2) is 0 Å². The summed E-state index contributed by atoms with van der Waals surface area (Å²) in [6.45, 7) is 8.36. The van der Waals surface area contributed by atoms with Crippen LogP contribution in [-0.2, 0) is 38.6 Å². The van der Waals surface area contributed by atoms with Gasteiger partial charge < -0.3 is 41.2 Å². The van der Waals surface area contributed by atoms with Gasteiger partial charge in [0.25, 0.3) is 0 Å². The highest BCUT2D eigenvalue weighted by atomic mass is 35.5. The van der Waals surface area contributed by atoms with Crippen LogP contribution < -0.4 is 31.9 Å². The fourth-order valence-electron chi connectivity index (χ4n) is 8.79. The number of nitrogens with zero attached hydrogens (tertiary/aromatic N) is 2. The standard InChI is InChI=1S/C56H64Cl2N8O6/c1-56(2,3)72-55(71)59-29-14-13-26-47(52(68)63-48(32-38-18-7-4-8-19-38)53(69)64-51(39-20-9-5-10-21-39)40-22-11-6-12-23-40)62-50(67)34-60-54(70)61-42-27-28-49-43(33-42)41(35-65-30-15-16-31-65)36-66(49)37-44-45(57)24-17-25-46(44)58/h4-12,17-25,27-28,33,36,47-48,51H,13-16,26,29-32,34-35,37H2,1-3H3,(H,59,71)(H,62,67)(H,63,68)(H,64,69)(H2,60,61,70)/t47-,48-/m0/s1. The number of urea groups is 1. The Morgan fingerprint density at radius 1 is 0.681 bits per heavy atom. The lowest BCUT2D eigenvalue weighted by Crippen LogP contribution is -2.55. The first-order valence-corrected chi connectivity index (χ1v) is 25.3. The van der Waals surface area contributed by atoms with E-state index >= 15 is 0 Å². The Morgan fingerprint density at radius 2 is 1.31 bits per heavy atom. The molecule has 6 amide bonds. The molecule has 0 bridgehead atoms. The number of nitrogens with one attached hydrogen (secondary N) is 6. The van der Waals surface area contributed by atoms with Crippen LogP contribution >= 0.6 is 23.2 Å². The molecule has 1 aliphatic rings. The van der Waals surface area contributed by atoms with E-state index in [1.807, 2.05) is 121 Å². The molecule has 2 atom stereocenters. The number of carbonyl (C=O) groups excluding carboxylic acids is 5. The lowest BCUT2D eigenvalue weighted by Gasteiger charge is -2.26. The second-order valence-electron chi connectivity index (χ2n) is 19.1. The van der Waals surface area contributed by atoms with Gasteiger partial charge in [-0.1, -0.05) is 120 Å². The third-order valence-electron chi connectivity index (χ3n) is 12.3. The number of alkyl carbamates (subject to hydrolysis) is 1. The Hall–Kier alpha value is -6.87. The zero-order valence-electron chi connectivity index (χ0n) is 41.0. The third-order valence-corrected chi connectivity index (χ3v) is 13.0. The molecule has 5 aromatic carbocycles. The minimum atomic E-state index is -1.10. The molecule has 6 N–H and O–H groups in total. The number of hydrogen-bond donors (Lipinski definition) is 6. The van der Waals surface area contributed by atoms with Crippen molar-refractivity contribution in [1.29, 1.82) is 0 Å². The summed E-state index contributed by atoms with van der Waals surface area (Å²) in [5.41, 5.74) is 5.26. The molecule has 1 saturated heterocycles. The first kappa shape index (κ1) is 52.9. The highest BCUT2D eigenvalue weighted by Gasteiger charge is 2.29. The lowest BCUT2D eigenvalue weighted by atomic mass is 9.97. The van der Waals surface area contributed by atoms with Crippen molar-refractivity contribution in [1.82, 2.24) is 36.1 Å². The Labute approximate surface area is 431 Å². The Morgan fingerprint density at radius 3 is 1.94 bits per heavy atom. The first-order chi connectivity index (χ1) is 34.7.